The average molecular weight is 329 g/mol. The topological polar surface area (TPSA) is 36.4 Å². The SMILES string of the molecule is CN(c1nc2ccccc2s1)C1CCN(CC(F)(F)F)C1=O. The lowest BCUT2D eigenvalue weighted by atomic mass is 10.2. The number of hydrogen-bond acceptors (Lipinski definition) is 4. The number of likely N-dealkylation sites (tertiary alicyclic amines) is 1. The zero-order valence-electron chi connectivity index (χ0n) is 11.8. The molecule has 0 bridgehead atoms. The summed E-state index contributed by atoms with van der Waals surface area (Å²) in [7, 11) is 1.71. The van der Waals surface area contributed by atoms with E-state index in [1.165, 1.54) is 11.3 Å². The van der Waals surface area contributed by atoms with Crippen molar-refractivity contribution in [1.82, 2.24) is 9.88 Å². The molecule has 118 valence electrons. The molecule has 1 aromatic heterocycles. The van der Waals surface area contributed by atoms with Crippen molar-refractivity contribution in [2.24, 2.45) is 0 Å². The molecular formula is C14H14F3N3OS. The van der Waals surface area contributed by atoms with E-state index >= 15 is 0 Å². The number of aromatic nitrogens is 1. The number of anilines is 1. The number of rotatable bonds is 3. The number of carbonyl (C=O) groups is 1. The van der Waals surface area contributed by atoms with Gasteiger partial charge in [-0.05, 0) is 18.6 Å². The number of thiazole rings is 1. The van der Waals surface area contributed by atoms with Crippen molar-refractivity contribution in [3.05, 3.63) is 24.3 Å². The Hall–Kier alpha value is -1.83. The van der Waals surface area contributed by atoms with Crippen LogP contribution in [0.25, 0.3) is 10.2 Å². The summed E-state index contributed by atoms with van der Waals surface area (Å²) in [4.78, 5) is 19.2. The lowest BCUT2D eigenvalue weighted by molar-refractivity contribution is -0.157. The Kier molecular flexibility index (Phi) is 3.72. The number of para-hydroxylation sites is 1. The van der Waals surface area contributed by atoms with Gasteiger partial charge in [-0.25, -0.2) is 4.98 Å². The molecule has 1 aromatic carbocycles. The zero-order valence-corrected chi connectivity index (χ0v) is 12.6. The average Bonchev–Trinajstić information content (AvgIpc) is 3.01. The fourth-order valence-corrected chi connectivity index (χ4v) is 3.58. The van der Waals surface area contributed by atoms with Crippen LogP contribution in [-0.4, -0.2) is 48.1 Å². The highest BCUT2D eigenvalue weighted by Crippen LogP contribution is 2.31. The van der Waals surface area contributed by atoms with Crippen molar-refractivity contribution in [2.75, 3.05) is 25.0 Å². The molecule has 0 spiro atoms. The van der Waals surface area contributed by atoms with Gasteiger partial charge >= 0.3 is 6.18 Å². The Bertz CT molecular complexity index is 667. The van der Waals surface area contributed by atoms with E-state index in [1.54, 1.807) is 11.9 Å². The molecule has 4 nitrogen and oxygen atoms in total. The van der Waals surface area contributed by atoms with Crippen LogP contribution in [0.4, 0.5) is 18.3 Å². The van der Waals surface area contributed by atoms with Crippen molar-refractivity contribution in [1.29, 1.82) is 0 Å². The molecule has 2 aromatic rings. The Labute approximate surface area is 129 Å². The Balaban J connectivity index is 1.78. The van der Waals surface area contributed by atoms with Gasteiger partial charge in [0.2, 0.25) is 5.91 Å². The minimum absolute atomic E-state index is 0.123. The van der Waals surface area contributed by atoms with Crippen molar-refractivity contribution >= 4 is 32.6 Å². The molecule has 1 fully saturated rings. The van der Waals surface area contributed by atoms with Crippen molar-refractivity contribution in [3.8, 4) is 0 Å². The summed E-state index contributed by atoms with van der Waals surface area (Å²) in [5, 5.41) is 0.647. The van der Waals surface area contributed by atoms with Crippen LogP contribution in [0.2, 0.25) is 0 Å². The van der Waals surface area contributed by atoms with Gasteiger partial charge in [0.15, 0.2) is 5.13 Å². The second-order valence-electron chi connectivity index (χ2n) is 5.25. The summed E-state index contributed by atoms with van der Waals surface area (Å²) in [6.45, 7) is -1.06. The van der Waals surface area contributed by atoms with Gasteiger partial charge < -0.3 is 9.80 Å². The van der Waals surface area contributed by atoms with Gasteiger partial charge in [-0.2, -0.15) is 13.2 Å². The van der Waals surface area contributed by atoms with Crippen LogP contribution in [0.15, 0.2) is 24.3 Å². The lowest BCUT2D eigenvalue weighted by Crippen LogP contribution is -2.42. The minimum Gasteiger partial charge on any atom is -0.339 e. The Morgan fingerprint density at radius 3 is 2.82 bits per heavy atom. The summed E-state index contributed by atoms with van der Waals surface area (Å²) in [5.41, 5.74) is 0.826. The van der Waals surface area contributed by atoms with Crippen LogP contribution in [0, 0.1) is 0 Å². The van der Waals surface area contributed by atoms with Gasteiger partial charge in [0, 0.05) is 13.6 Å². The molecule has 0 saturated carbocycles. The van der Waals surface area contributed by atoms with E-state index < -0.39 is 24.7 Å². The van der Waals surface area contributed by atoms with Crippen LogP contribution >= 0.6 is 11.3 Å². The summed E-state index contributed by atoms with van der Waals surface area (Å²) in [6.07, 6.45) is -3.99. The number of halogens is 3. The first-order valence-electron chi connectivity index (χ1n) is 6.79. The fourth-order valence-electron chi connectivity index (χ4n) is 2.60. The first-order chi connectivity index (χ1) is 10.3. The minimum atomic E-state index is -4.36. The van der Waals surface area contributed by atoms with E-state index in [0.717, 1.165) is 15.1 Å². The maximum absolute atomic E-state index is 12.5. The van der Waals surface area contributed by atoms with E-state index in [9.17, 15) is 18.0 Å². The number of benzene rings is 1. The third-order valence-corrected chi connectivity index (χ3v) is 4.82. The molecule has 3 rings (SSSR count). The van der Waals surface area contributed by atoms with Gasteiger partial charge in [0.1, 0.15) is 12.6 Å². The van der Waals surface area contributed by atoms with Crippen LogP contribution < -0.4 is 4.90 Å². The van der Waals surface area contributed by atoms with Gasteiger partial charge in [-0.15, -0.1) is 0 Å². The molecule has 22 heavy (non-hydrogen) atoms. The van der Waals surface area contributed by atoms with E-state index in [2.05, 4.69) is 4.98 Å². The van der Waals surface area contributed by atoms with Crippen LogP contribution in [0.5, 0.6) is 0 Å². The third-order valence-electron chi connectivity index (χ3n) is 3.69. The monoisotopic (exact) mass is 329 g/mol. The molecule has 2 heterocycles. The normalized spacial score (nSPS) is 19.2. The number of nitrogens with zero attached hydrogens (tertiary/aromatic N) is 3. The van der Waals surface area contributed by atoms with Crippen molar-refractivity contribution in [3.63, 3.8) is 0 Å². The molecule has 1 atom stereocenters. The van der Waals surface area contributed by atoms with E-state index in [4.69, 9.17) is 0 Å². The number of likely N-dealkylation sites (N-methyl/N-ethyl adjacent to an activating group) is 1. The first kappa shape index (κ1) is 15.1. The highest BCUT2D eigenvalue weighted by molar-refractivity contribution is 7.22. The second-order valence-corrected chi connectivity index (χ2v) is 6.26. The highest BCUT2D eigenvalue weighted by Gasteiger charge is 2.41. The highest BCUT2D eigenvalue weighted by atomic mass is 32.1. The predicted octanol–water partition coefficient (Wildman–Crippen LogP) is 2.90. The molecule has 1 amide bonds. The number of fused-ring (bicyclic) bond motifs is 1. The van der Waals surface area contributed by atoms with Crippen LogP contribution in [0.3, 0.4) is 0 Å². The first-order valence-corrected chi connectivity index (χ1v) is 7.61. The summed E-state index contributed by atoms with van der Waals surface area (Å²) in [5.74, 6) is -0.487. The van der Waals surface area contributed by atoms with Gasteiger partial charge in [0.25, 0.3) is 0 Å². The lowest BCUT2D eigenvalue weighted by Gasteiger charge is -2.23. The summed E-state index contributed by atoms with van der Waals surface area (Å²) < 4.78 is 38.3. The number of carbonyl (C=O) groups excluding carboxylic acids is 1. The molecule has 0 radical (unpaired) electrons. The maximum atomic E-state index is 12.5. The molecule has 0 aliphatic carbocycles. The quantitative estimate of drug-likeness (QED) is 0.869. The van der Waals surface area contributed by atoms with E-state index in [1.807, 2.05) is 24.3 Å². The molecule has 1 saturated heterocycles. The Morgan fingerprint density at radius 1 is 1.41 bits per heavy atom. The van der Waals surface area contributed by atoms with Crippen LogP contribution in [-0.2, 0) is 4.79 Å². The third kappa shape index (κ3) is 2.87. The zero-order chi connectivity index (χ0) is 15.9. The standard InChI is InChI=1S/C14H14F3N3OS/c1-19(13-18-9-4-2-3-5-11(9)22-13)10-6-7-20(12(10)21)8-14(15,16)17/h2-5,10H,6-8H2,1H3. The van der Waals surface area contributed by atoms with Crippen LogP contribution in [0.1, 0.15) is 6.42 Å². The smallest absolute Gasteiger partial charge is 0.339 e. The molecule has 0 N–H and O–H groups in total. The Morgan fingerprint density at radius 2 is 2.14 bits per heavy atom. The molecule has 1 aliphatic heterocycles. The fraction of sp³-hybridized carbons (Fsp3) is 0.429. The summed E-state index contributed by atoms with van der Waals surface area (Å²) >= 11 is 1.43. The largest absolute Gasteiger partial charge is 0.406 e. The molecule has 1 unspecified atom stereocenters. The maximum Gasteiger partial charge on any atom is 0.406 e. The van der Waals surface area contributed by atoms with E-state index in [-0.39, 0.29) is 6.54 Å². The van der Waals surface area contributed by atoms with Gasteiger partial charge in [0.05, 0.1) is 10.2 Å². The van der Waals surface area contributed by atoms with E-state index in [0.29, 0.717) is 11.6 Å². The van der Waals surface area contributed by atoms with Crippen molar-refractivity contribution in [2.45, 2.75) is 18.6 Å². The second kappa shape index (κ2) is 5.42. The number of hydrogen-bond donors (Lipinski definition) is 0. The molecular weight excluding hydrogens is 315 g/mol. The molecule has 1 aliphatic rings. The summed E-state index contributed by atoms with van der Waals surface area (Å²) in [6, 6.07) is 6.99. The number of amides is 1. The number of alkyl halides is 3. The van der Waals surface area contributed by atoms with Crippen molar-refractivity contribution < 1.29 is 18.0 Å². The van der Waals surface area contributed by atoms with Gasteiger partial charge in [-0.1, -0.05) is 23.5 Å². The predicted molar refractivity (Wildman–Crippen MR) is 79.1 cm³/mol. The van der Waals surface area contributed by atoms with Gasteiger partial charge in [-0.3, -0.25) is 4.79 Å². The molecule has 8 heteroatoms.